The number of hydrogen-bond donors (Lipinski definition) is 1. The Labute approximate surface area is 141 Å². The minimum Gasteiger partial charge on any atom is -0.507 e. The topological polar surface area (TPSA) is 54.4 Å². The van der Waals surface area contributed by atoms with Gasteiger partial charge in [-0.2, -0.15) is 0 Å². The third-order valence-corrected chi connectivity index (χ3v) is 5.37. The van der Waals surface area contributed by atoms with E-state index in [4.69, 9.17) is 0 Å². The first-order chi connectivity index (χ1) is 10.4. The summed E-state index contributed by atoms with van der Waals surface area (Å²) in [5.74, 6) is 0.745. The summed E-state index contributed by atoms with van der Waals surface area (Å²) in [5, 5.41) is 10.4. The van der Waals surface area contributed by atoms with E-state index in [1.807, 2.05) is 18.2 Å². The van der Waals surface area contributed by atoms with Crippen molar-refractivity contribution in [2.75, 3.05) is 5.75 Å². The van der Waals surface area contributed by atoms with Gasteiger partial charge in [-0.15, -0.1) is 0 Å². The van der Waals surface area contributed by atoms with Crippen molar-refractivity contribution in [2.24, 2.45) is 0 Å². The Kier molecular flexibility index (Phi) is 4.60. The Hall–Kier alpha value is -1.42. The van der Waals surface area contributed by atoms with E-state index in [-0.39, 0.29) is 15.9 Å². The first-order valence-corrected chi connectivity index (χ1v) is 9.24. The molecule has 0 bridgehead atoms. The van der Waals surface area contributed by atoms with Crippen LogP contribution in [0.5, 0.6) is 5.75 Å². The minimum atomic E-state index is -1.38. The van der Waals surface area contributed by atoms with Gasteiger partial charge in [-0.3, -0.25) is 9.00 Å². The number of phenols is 1. The minimum absolute atomic E-state index is 0.207. The van der Waals surface area contributed by atoms with Crippen molar-refractivity contribution in [2.45, 2.75) is 58.8 Å². The second-order valence-electron chi connectivity index (χ2n) is 8.22. The zero-order chi connectivity index (χ0) is 17.6. The quantitative estimate of drug-likeness (QED) is 0.788. The molecule has 1 aliphatic rings. The fourth-order valence-electron chi connectivity index (χ4n) is 2.76. The van der Waals surface area contributed by atoms with E-state index in [2.05, 4.69) is 41.5 Å². The molecule has 0 amide bonds. The van der Waals surface area contributed by atoms with Crippen molar-refractivity contribution in [3.63, 3.8) is 0 Å². The van der Waals surface area contributed by atoms with Gasteiger partial charge in [0.15, 0.2) is 0 Å². The molecule has 1 unspecified atom stereocenters. The number of aromatic hydroxyl groups is 1. The van der Waals surface area contributed by atoms with Gasteiger partial charge in [0.2, 0.25) is 5.12 Å². The van der Waals surface area contributed by atoms with E-state index in [1.54, 1.807) is 0 Å². The third-order valence-electron chi connectivity index (χ3n) is 4.11. The number of carbonyl (C=O) groups is 1. The molecule has 2 rings (SSSR count). The van der Waals surface area contributed by atoms with Crippen molar-refractivity contribution >= 4 is 22.0 Å². The van der Waals surface area contributed by atoms with E-state index in [9.17, 15) is 14.1 Å². The number of phenolic OH excluding ortho intramolecular Hbond substituents is 1. The highest BCUT2D eigenvalue weighted by Crippen LogP contribution is 2.40. The molecule has 23 heavy (non-hydrogen) atoms. The third kappa shape index (κ3) is 3.74. The number of rotatable bonds is 1. The van der Waals surface area contributed by atoms with Crippen LogP contribution in [0.4, 0.5) is 0 Å². The maximum atomic E-state index is 11.9. The second-order valence-corrected chi connectivity index (χ2v) is 9.69. The molecule has 4 heteroatoms. The summed E-state index contributed by atoms with van der Waals surface area (Å²) < 4.78 is 11.6. The van der Waals surface area contributed by atoms with Gasteiger partial charge in [0, 0.05) is 22.5 Å². The molecule has 1 aromatic rings. The van der Waals surface area contributed by atoms with Crippen LogP contribution in [0.15, 0.2) is 17.7 Å². The fourth-order valence-corrected chi connectivity index (χ4v) is 3.80. The Morgan fingerprint density at radius 3 is 1.87 bits per heavy atom. The molecular formula is C19H26O3S. The largest absolute Gasteiger partial charge is 0.507 e. The van der Waals surface area contributed by atoms with E-state index >= 15 is 0 Å². The predicted molar refractivity (Wildman–Crippen MR) is 96.1 cm³/mol. The first kappa shape index (κ1) is 17.9. The fraction of sp³-hybridized carbons (Fsp3) is 0.526. The molecule has 0 spiro atoms. The molecule has 1 aliphatic heterocycles. The number of hydrogen-bond acceptors (Lipinski definition) is 3. The maximum absolute atomic E-state index is 11.9. The van der Waals surface area contributed by atoms with Crippen LogP contribution >= 0.6 is 0 Å². The zero-order valence-corrected chi connectivity index (χ0v) is 15.6. The van der Waals surface area contributed by atoms with Crippen molar-refractivity contribution in [1.82, 2.24) is 0 Å². The molecule has 0 aliphatic carbocycles. The summed E-state index contributed by atoms with van der Waals surface area (Å²) in [6, 6.07) is 3.87. The van der Waals surface area contributed by atoms with Gasteiger partial charge in [-0.1, -0.05) is 41.5 Å². The molecule has 0 radical (unpaired) electrons. The standard InChI is InChI=1S/C19H26O3S/c1-18(2,3)14-10-12(9-13-7-8-23(22)17(13)21)11-15(16(14)20)19(4,5)6/h9-11,20H,7-8H2,1-6H3/b13-9+. The van der Waals surface area contributed by atoms with Gasteiger partial charge < -0.3 is 5.11 Å². The first-order valence-electron chi connectivity index (χ1n) is 7.92. The van der Waals surface area contributed by atoms with Gasteiger partial charge in [0.05, 0.1) is 10.8 Å². The van der Waals surface area contributed by atoms with Crippen molar-refractivity contribution < 1.29 is 14.1 Å². The SMILES string of the molecule is CC(C)(C)c1cc(/C=C2\CCS(=O)C2=O)cc(C(C)(C)C)c1O. The van der Waals surface area contributed by atoms with E-state index in [0.717, 1.165) is 16.7 Å². The molecule has 0 saturated carbocycles. The van der Waals surface area contributed by atoms with Gasteiger partial charge in [-0.05, 0) is 41.0 Å². The van der Waals surface area contributed by atoms with Crippen LogP contribution in [0.1, 0.15) is 64.7 Å². The zero-order valence-electron chi connectivity index (χ0n) is 14.8. The highest BCUT2D eigenvalue weighted by molar-refractivity contribution is 8.01. The lowest BCUT2D eigenvalue weighted by atomic mass is 9.78. The highest BCUT2D eigenvalue weighted by Gasteiger charge is 2.28. The van der Waals surface area contributed by atoms with Crippen molar-refractivity contribution in [3.05, 3.63) is 34.4 Å². The van der Waals surface area contributed by atoms with Crippen LogP contribution in [-0.4, -0.2) is 20.2 Å². The van der Waals surface area contributed by atoms with E-state index in [0.29, 0.717) is 23.5 Å². The lowest BCUT2D eigenvalue weighted by Gasteiger charge is -2.28. The Morgan fingerprint density at radius 2 is 1.52 bits per heavy atom. The summed E-state index contributed by atoms with van der Waals surface area (Å²) in [6.45, 7) is 12.3. The van der Waals surface area contributed by atoms with Crippen LogP contribution in [0, 0.1) is 0 Å². The predicted octanol–water partition coefficient (Wildman–Crippen LogP) is 4.05. The summed E-state index contributed by atoms with van der Waals surface area (Å²) in [4.78, 5) is 11.9. The van der Waals surface area contributed by atoms with Gasteiger partial charge in [0.25, 0.3) is 0 Å². The number of benzene rings is 1. The Morgan fingerprint density at radius 1 is 1.04 bits per heavy atom. The van der Waals surface area contributed by atoms with Crippen LogP contribution in [0.3, 0.4) is 0 Å². The molecule has 1 saturated heterocycles. The van der Waals surface area contributed by atoms with E-state index < -0.39 is 10.8 Å². The molecule has 1 fully saturated rings. The van der Waals surface area contributed by atoms with Gasteiger partial charge >= 0.3 is 0 Å². The average Bonchev–Trinajstić information content (AvgIpc) is 2.70. The highest BCUT2D eigenvalue weighted by atomic mass is 32.2. The summed E-state index contributed by atoms with van der Waals surface area (Å²) in [7, 11) is -1.38. The van der Waals surface area contributed by atoms with Crippen LogP contribution in [-0.2, 0) is 26.4 Å². The monoisotopic (exact) mass is 334 g/mol. The molecule has 0 aromatic heterocycles. The molecular weight excluding hydrogens is 308 g/mol. The Balaban J connectivity index is 2.64. The van der Waals surface area contributed by atoms with E-state index in [1.165, 1.54) is 0 Å². The Bertz CT molecular complexity index is 665. The van der Waals surface area contributed by atoms with Crippen LogP contribution in [0.25, 0.3) is 6.08 Å². The molecule has 1 atom stereocenters. The van der Waals surface area contributed by atoms with Crippen LogP contribution in [0.2, 0.25) is 0 Å². The normalized spacial score (nSPS) is 21.2. The van der Waals surface area contributed by atoms with Crippen LogP contribution < -0.4 is 0 Å². The summed E-state index contributed by atoms with van der Waals surface area (Å²) in [6.07, 6.45) is 2.39. The van der Waals surface area contributed by atoms with Gasteiger partial charge in [-0.25, -0.2) is 0 Å². The molecule has 126 valence electrons. The smallest absolute Gasteiger partial charge is 0.245 e. The number of carbonyl (C=O) groups excluding carboxylic acids is 1. The average molecular weight is 334 g/mol. The van der Waals surface area contributed by atoms with Crippen molar-refractivity contribution in [3.8, 4) is 5.75 Å². The summed E-state index contributed by atoms with van der Waals surface area (Å²) >= 11 is 0. The lowest BCUT2D eigenvalue weighted by molar-refractivity contribution is -0.107. The molecule has 3 nitrogen and oxygen atoms in total. The molecule has 1 heterocycles. The lowest BCUT2D eigenvalue weighted by Crippen LogP contribution is -2.17. The second kappa shape index (κ2) is 5.90. The molecule has 1 aromatic carbocycles. The summed E-state index contributed by atoms with van der Waals surface area (Å²) in [5.41, 5.74) is 2.82. The van der Waals surface area contributed by atoms with Crippen molar-refractivity contribution in [1.29, 1.82) is 0 Å². The molecule has 1 N–H and O–H groups in total. The maximum Gasteiger partial charge on any atom is 0.245 e. The van der Waals surface area contributed by atoms with Gasteiger partial charge in [0.1, 0.15) is 5.75 Å².